The topological polar surface area (TPSA) is 41.5 Å². The summed E-state index contributed by atoms with van der Waals surface area (Å²) in [6.07, 6.45) is 4.18. The number of likely N-dealkylation sites (N-methyl/N-ethyl adjacent to an activating group) is 1. The molecular weight excluding hydrogens is 214 g/mol. The summed E-state index contributed by atoms with van der Waals surface area (Å²) < 4.78 is 5.52. The van der Waals surface area contributed by atoms with E-state index in [9.17, 15) is 5.11 Å². The van der Waals surface area contributed by atoms with E-state index in [0.717, 1.165) is 24.2 Å². The van der Waals surface area contributed by atoms with Crippen LogP contribution in [0.4, 0.5) is 0 Å². The van der Waals surface area contributed by atoms with Crippen molar-refractivity contribution < 1.29 is 9.84 Å². The predicted molar refractivity (Wildman–Crippen MR) is 68.5 cm³/mol. The lowest BCUT2D eigenvalue weighted by atomic mass is 9.88. The second-order valence-electron chi connectivity index (χ2n) is 4.61. The Balaban J connectivity index is 2.39. The monoisotopic (exact) mass is 235 g/mol. The summed E-state index contributed by atoms with van der Waals surface area (Å²) in [5.74, 6) is 0.893. The van der Waals surface area contributed by atoms with E-state index in [0.29, 0.717) is 6.54 Å². The Hall–Kier alpha value is -1.06. The van der Waals surface area contributed by atoms with Crippen LogP contribution in [-0.2, 0) is 12.8 Å². The van der Waals surface area contributed by atoms with Crippen LogP contribution >= 0.6 is 0 Å². The molecule has 1 atom stereocenters. The van der Waals surface area contributed by atoms with E-state index >= 15 is 0 Å². The fraction of sp³-hybridized carbons (Fsp3) is 0.571. The molecule has 0 heterocycles. The number of rotatable bonds is 4. The number of aliphatic hydroxyl groups is 1. The van der Waals surface area contributed by atoms with Crippen LogP contribution in [0.3, 0.4) is 0 Å². The van der Waals surface area contributed by atoms with E-state index in [1.54, 1.807) is 7.11 Å². The van der Waals surface area contributed by atoms with Gasteiger partial charge in [0.2, 0.25) is 0 Å². The Bertz CT molecular complexity index is 390. The molecule has 3 nitrogen and oxygen atoms in total. The number of methoxy groups -OCH3 is 1. The average Bonchev–Trinajstić information content (AvgIpc) is 2.37. The van der Waals surface area contributed by atoms with Gasteiger partial charge >= 0.3 is 0 Å². The lowest BCUT2D eigenvalue weighted by molar-refractivity contribution is 0.173. The minimum absolute atomic E-state index is 0.498. The number of hydrogen-bond acceptors (Lipinski definition) is 3. The van der Waals surface area contributed by atoms with Gasteiger partial charge in [0.15, 0.2) is 0 Å². The summed E-state index contributed by atoms with van der Waals surface area (Å²) in [5, 5.41) is 13.1. The first kappa shape index (κ1) is 12.4. The van der Waals surface area contributed by atoms with Gasteiger partial charge in [0.05, 0.1) is 13.2 Å². The Morgan fingerprint density at radius 3 is 2.82 bits per heavy atom. The highest BCUT2D eigenvalue weighted by Gasteiger charge is 2.20. The Morgan fingerprint density at radius 2 is 2.12 bits per heavy atom. The van der Waals surface area contributed by atoms with Gasteiger partial charge in [-0.1, -0.05) is 12.1 Å². The summed E-state index contributed by atoms with van der Waals surface area (Å²) in [5.41, 5.74) is 3.59. The minimum atomic E-state index is -0.498. The fourth-order valence-corrected chi connectivity index (χ4v) is 2.62. The lowest BCUT2D eigenvalue weighted by Crippen LogP contribution is -2.18. The van der Waals surface area contributed by atoms with Crippen molar-refractivity contribution in [2.24, 2.45) is 0 Å². The third-order valence-corrected chi connectivity index (χ3v) is 3.47. The molecule has 0 saturated carbocycles. The van der Waals surface area contributed by atoms with E-state index in [1.165, 1.54) is 24.0 Å². The molecule has 94 valence electrons. The number of aryl methyl sites for hydroxylation is 1. The number of ether oxygens (including phenoxy) is 1. The van der Waals surface area contributed by atoms with Crippen molar-refractivity contribution in [2.75, 3.05) is 20.7 Å². The molecule has 0 amide bonds. The molecule has 1 aromatic rings. The molecule has 2 N–H and O–H groups in total. The molecule has 1 unspecified atom stereocenters. The highest BCUT2D eigenvalue weighted by molar-refractivity contribution is 5.48. The number of hydrogen-bond donors (Lipinski definition) is 2. The van der Waals surface area contributed by atoms with Gasteiger partial charge in [0.25, 0.3) is 0 Å². The maximum Gasteiger partial charge on any atom is 0.128 e. The van der Waals surface area contributed by atoms with E-state index in [4.69, 9.17) is 4.74 Å². The smallest absolute Gasteiger partial charge is 0.128 e. The minimum Gasteiger partial charge on any atom is -0.496 e. The highest BCUT2D eigenvalue weighted by Crippen LogP contribution is 2.35. The van der Waals surface area contributed by atoms with Crippen LogP contribution in [0, 0.1) is 0 Å². The quantitative estimate of drug-likeness (QED) is 0.836. The zero-order chi connectivity index (χ0) is 12.3. The van der Waals surface area contributed by atoms with Crippen LogP contribution in [0.5, 0.6) is 5.75 Å². The molecule has 0 aromatic heterocycles. The second kappa shape index (κ2) is 5.52. The van der Waals surface area contributed by atoms with Gasteiger partial charge in [-0.2, -0.15) is 0 Å². The first-order valence-corrected chi connectivity index (χ1v) is 6.29. The third kappa shape index (κ3) is 2.45. The Labute approximate surface area is 103 Å². The summed E-state index contributed by atoms with van der Waals surface area (Å²) in [6.45, 7) is 0.551. The molecule has 1 aromatic carbocycles. The van der Waals surface area contributed by atoms with Gasteiger partial charge in [0.1, 0.15) is 5.75 Å². The summed E-state index contributed by atoms with van der Waals surface area (Å²) in [4.78, 5) is 0. The Morgan fingerprint density at radius 1 is 1.35 bits per heavy atom. The van der Waals surface area contributed by atoms with Crippen molar-refractivity contribution in [1.82, 2.24) is 5.32 Å². The molecule has 17 heavy (non-hydrogen) atoms. The van der Waals surface area contributed by atoms with Gasteiger partial charge in [0, 0.05) is 12.1 Å². The van der Waals surface area contributed by atoms with E-state index in [2.05, 4.69) is 11.4 Å². The van der Waals surface area contributed by atoms with Crippen LogP contribution in [0.1, 0.15) is 35.6 Å². The maximum absolute atomic E-state index is 10.1. The van der Waals surface area contributed by atoms with Gasteiger partial charge in [-0.25, -0.2) is 0 Å². The highest BCUT2D eigenvalue weighted by atomic mass is 16.5. The van der Waals surface area contributed by atoms with Crippen molar-refractivity contribution in [3.05, 3.63) is 28.8 Å². The summed E-state index contributed by atoms with van der Waals surface area (Å²) in [6, 6.07) is 4.15. The van der Waals surface area contributed by atoms with Gasteiger partial charge < -0.3 is 15.2 Å². The molecule has 0 bridgehead atoms. The zero-order valence-corrected chi connectivity index (χ0v) is 10.6. The van der Waals surface area contributed by atoms with Crippen LogP contribution in [0.2, 0.25) is 0 Å². The number of aliphatic hydroxyl groups excluding tert-OH is 1. The number of nitrogens with one attached hydrogen (secondary N) is 1. The molecule has 3 heteroatoms. The van der Waals surface area contributed by atoms with Gasteiger partial charge in [-0.15, -0.1) is 0 Å². The predicted octanol–water partition coefficient (Wildman–Crippen LogP) is 1.83. The molecule has 0 radical (unpaired) electrons. The van der Waals surface area contributed by atoms with E-state index < -0.39 is 6.10 Å². The number of fused-ring (bicyclic) bond motifs is 1. The van der Waals surface area contributed by atoms with Crippen LogP contribution < -0.4 is 10.1 Å². The van der Waals surface area contributed by atoms with Crippen LogP contribution in [0.15, 0.2) is 12.1 Å². The van der Waals surface area contributed by atoms with Crippen molar-refractivity contribution >= 4 is 0 Å². The molecule has 0 saturated heterocycles. The van der Waals surface area contributed by atoms with E-state index in [1.807, 2.05) is 13.1 Å². The lowest BCUT2D eigenvalue weighted by Gasteiger charge is -2.23. The molecular formula is C14H21NO2. The van der Waals surface area contributed by atoms with Crippen molar-refractivity contribution in [3.63, 3.8) is 0 Å². The van der Waals surface area contributed by atoms with Crippen molar-refractivity contribution in [2.45, 2.75) is 31.8 Å². The standard InChI is InChI=1S/C14H21NO2/c1-15-9-13(16)12-8-7-10-5-3-4-6-11(10)14(12)17-2/h7-8,13,15-16H,3-6,9H2,1-2H3. The van der Waals surface area contributed by atoms with Gasteiger partial charge in [-0.05, 0) is 43.9 Å². The molecule has 2 rings (SSSR count). The third-order valence-electron chi connectivity index (χ3n) is 3.47. The molecule has 1 aliphatic rings. The maximum atomic E-state index is 10.1. The average molecular weight is 235 g/mol. The summed E-state index contributed by atoms with van der Waals surface area (Å²) in [7, 11) is 3.54. The van der Waals surface area contributed by atoms with Gasteiger partial charge in [-0.3, -0.25) is 0 Å². The largest absolute Gasteiger partial charge is 0.496 e. The van der Waals surface area contributed by atoms with E-state index in [-0.39, 0.29) is 0 Å². The second-order valence-corrected chi connectivity index (χ2v) is 4.61. The first-order chi connectivity index (χ1) is 8.27. The zero-order valence-electron chi connectivity index (χ0n) is 10.6. The SMILES string of the molecule is CNCC(O)c1ccc2c(c1OC)CCCC2. The summed E-state index contributed by atoms with van der Waals surface area (Å²) >= 11 is 0. The Kier molecular flexibility index (Phi) is 4.02. The number of benzene rings is 1. The van der Waals surface area contributed by atoms with Crippen molar-refractivity contribution in [3.8, 4) is 5.75 Å². The molecule has 1 aliphatic carbocycles. The van der Waals surface area contributed by atoms with Crippen molar-refractivity contribution in [1.29, 1.82) is 0 Å². The fourth-order valence-electron chi connectivity index (χ4n) is 2.62. The molecule has 0 aliphatic heterocycles. The molecule has 0 spiro atoms. The normalized spacial score (nSPS) is 16.4. The van der Waals surface area contributed by atoms with Crippen LogP contribution in [0.25, 0.3) is 0 Å². The van der Waals surface area contributed by atoms with Crippen LogP contribution in [-0.4, -0.2) is 25.8 Å². The molecule has 0 fully saturated rings. The first-order valence-electron chi connectivity index (χ1n) is 6.29.